The minimum atomic E-state index is -3.41. The highest BCUT2D eigenvalue weighted by molar-refractivity contribution is 7.91. The van der Waals surface area contributed by atoms with Gasteiger partial charge in [0.25, 0.3) is 10.0 Å². The number of hydrogen-bond donors (Lipinski definition) is 1. The Hall–Kier alpha value is -0.470. The number of rotatable bonds is 10. The van der Waals surface area contributed by atoms with E-state index in [1.807, 2.05) is 13.8 Å². The summed E-state index contributed by atoms with van der Waals surface area (Å²) in [7, 11) is -1.81. The van der Waals surface area contributed by atoms with Crippen LogP contribution in [0.25, 0.3) is 0 Å². The van der Waals surface area contributed by atoms with Crippen LogP contribution in [0.5, 0.6) is 0 Å². The molecule has 0 aromatic carbocycles. The summed E-state index contributed by atoms with van der Waals surface area (Å²) in [6, 6.07) is 1.76. The van der Waals surface area contributed by atoms with Gasteiger partial charge < -0.3 is 10.1 Å². The first kappa shape index (κ1) is 18.6. The van der Waals surface area contributed by atoms with Crippen LogP contribution in [-0.2, 0) is 21.3 Å². The van der Waals surface area contributed by atoms with E-state index < -0.39 is 10.0 Å². The smallest absolute Gasteiger partial charge is 0.252 e. The van der Waals surface area contributed by atoms with Crippen molar-refractivity contribution in [3.05, 3.63) is 16.5 Å². The molecule has 0 spiro atoms. The highest BCUT2D eigenvalue weighted by Crippen LogP contribution is 2.27. The molecule has 1 heterocycles. The van der Waals surface area contributed by atoms with Gasteiger partial charge in [-0.3, -0.25) is 0 Å². The Bertz CT molecular complexity index is 526. The lowest BCUT2D eigenvalue weighted by molar-refractivity contribution is 0.138. The van der Waals surface area contributed by atoms with Gasteiger partial charge in [0, 0.05) is 31.6 Å². The topological polar surface area (TPSA) is 58.6 Å². The zero-order valence-electron chi connectivity index (χ0n) is 13.3. The molecule has 0 fully saturated rings. The van der Waals surface area contributed by atoms with E-state index in [1.54, 1.807) is 13.1 Å². The third kappa shape index (κ3) is 5.34. The fourth-order valence-electron chi connectivity index (χ4n) is 1.78. The molecule has 1 N–H and O–H groups in total. The molecular weight excluding hydrogens is 308 g/mol. The van der Waals surface area contributed by atoms with Gasteiger partial charge in [-0.15, -0.1) is 11.3 Å². The predicted molar refractivity (Wildman–Crippen MR) is 87.4 cm³/mol. The third-order valence-corrected chi connectivity index (χ3v) is 6.67. The monoisotopic (exact) mass is 334 g/mol. The normalized spacial score (nSPS) is 12.2. The van der Waals surface area contributed by atoms with Crippen molar-refractivity contribution in [3.8, 4) is 0 Å². The van der Waals surface area contributed by atoms with Crippen LogP contribution < -0.4 is 5.32 Å². The lowest BCUT2D eigenvalue weighted by atomic mass is 10.3. The van der Waals surface area contributed by atoms with Crippen LogP contribution in [0.1, 0.15) is 30.7 Å². The van der Waals surface area contributed by atoms with E-state index in [0.717, 1.165) is 30.0 Å². The van der Waals surface area contributed by atoms with Gasteiger partial charge in [0.2, 0.25) is 0 Å². The summed E-state index contributed by atoms with van der Waals surface area (Å²) in [4.78, 5) is 1.08. The summed E-state index contributed by atoms with van der Waals surface area (Å²) in [5.41, 5.74) is 1.03. The third-order valence-electron chi connectivity index (χ3n) is 3.13. The van der Waals surface area contributed by atoms with Crippen LogP contribution in [0.3, 0.4) is 0 Å². The molecule has 1 rings (SSSR count). The Morgan fingerprint density at radius 1 is 1.38 bits per heavy atom. The summed E-state index contributed by atoms with van der Waals surface area (Å²) in [6.07, 6.45) is 1.07. The highest BCUT2D eigenvalue weighted by atomic mass is 32.2. The first-order valence-corrected chi connectivity index (χ1v) is 9.53. The van der Waals surface area contributed by atoms with Crippen molar-refractivity contribution in [2.45, 2.75) is 37.9 Å². The molecule has 21 heavy (non-hydrogen) atoms. The van der Waals surface area contributed by atoms with Crippen LogP contribution in [0.4, 0.5) is 0 Å². The number of hydrogen-bond acceptors (Lipinski definition) is 5. The van der Waals surface area contributed by atoms with Crippen LogP contribution in [0.15, 0.2) is 10.3 Å². The summed E-state index contributed by atoms with van der Waals surface area (Å²) in [6.45, 7) is 9.01. The maximum Gasteiger partial charge on any atom is 0.252 e. The molecule has 0 aliphatic rings. The molecule has 0 saturated heterocycles. The average molecular weight is 335 g/mol. The van der Waals surface area contributed by atoms with E-state index in [9.17, 15) is 8.42 Å². The van der Waals surface area contributed by atoms with Crippen molar-refractivity contribution in [2.75, 3.05) is 33.4 Å². The van der Waals surface area contributed by atoms with Gasteiger partial charge in [0.05, 0.1) is 6.61 Å². The largest absolute Gasteiger partial charge is 0.380 e. The van der Waals surface area contributed by atoms with Crippen LogP contribution >= 0.6 is 11.3 Å². The molecule has 1 aromatic rings. The standard InChI is InChI=1S/C14H26N2O3S2/c1-5-7-15-11-13-12(3)10-14(20-13)21(17,18)16(4)8-9-19-6-2/h10,15H,5-9,11H2,1-4H3. The summed E-state index contributed by atoms with van der Waals surface area (Å²) >= 11 is 1.35. The molecule has 0 unspecified atom stereocenters. The first-order chi connectivity index (χ1) is 9.93. The van der Waals surface area contributed by atoms with Gasteiger partial charge in [-0.1, -0.05) is 6.92 Å². The summed E-state index contributed by atoms with van der Waals surface area (Å²) < 4.78 is 31.9. The minimum Gasteiger partial charge on any atom is -0.380 e. The Balaban J connectivity index is 2.76. The molecule has 0 atom stereocenters. The average Bonchev–Trinajstić information content (AvgIpc) is 2.81. The summed E-state index contributed by atoms with van der Waals surface area (Å²) in [5.74, 6) is 0. The van der Waals surface area contributed by atoms with Crippen molar-refractivity contribution < 1.29 is 13.2 Å². The van der Waals surface area contributed by atoms with Gasteiger partial charge >= 0.3 is 0 Å². The molecule has 5 nitrogen and oxygen atoms in total. The van der Waals surface area contributed by atoms with Crippen molar-refractivity contribution in [2.24, 2.45) is 0 Å². The molecule has 1 aromatic heterocycles. The highest BCUT2D eigenvalue weighted by Gasteiger charge is 2.23. The second-order valence-corrected chi connectivity index (χ2v) is 8.28. The van der Waals surface area contributed by atoms with Gasteiger partial charge in [0.1, 0.15) is 4.21 Å². The minimum absolute atomic E-state index is 0.372. The zero-order chi connectivity index (χ0) is 15.9. The van der Waals surface area contributed by atoms with E-state index in [0.29, 0.717) is 24.0 Å². The van der Waals surface area contributed by atoms with Gasteiger partial charge in [-0.05, 0) is 38.4 Å². The number of sulfonamides is 1. The van der Waals surface area contributed by atoms with Crippen molar-refractivity contribution in [1.29, 1.82) is 0 Å². The number of aryl methyl sites for hydroxylation is 1. The van der Waals surface area contributed by atoms with E-state index >= 15 is 0 Å². The van der Waals surface area contributed by atoms with E-state index in [1.165, 1.54) is 15.6 Å². The molecule has 122 valence electrons. The molecular formula is C14H26N2O3S2. The Kier molecular flexibility index (Phi) is 7.83. The maximum atomic E-state index is 12.5. The Morgan fingerprint density at radius 2 is 2.10 bits per heavy atom. The second kappa shape index (κ2) is 8.85. The number of nitrogens with zero attached hydrogens (tertiary/aromatic N) is 1. The quantitative estimate of drug-likeness (QED) is 0.667. The van der Waals surface area contributed by atoms with Crippen molar-refractivity contribution in [1.82, 2.24) is 9.62 Å². The fourth-order valence-corrected chi connectivity index (χ4v) is 4.71. The van der Waals surface area contributed by atoms with Gasteiger partial charge in [-0.2, -0.15) is 4.31 Å². The Morgan fingerprint density at radius 3 is 2.71 bits per heavy atom. The molecule has 0 bridgehead atoms. The molecule has 0 radical (unpaired) electrons. The van der Waals surface area contributed by atoms with Crippen LogP contribution in [0.2, 0.25) is 0 Å². The van der Waals surface area contributed by atoms with Crippen molar-refractivity contribution >= 4 is 21.4 Å². The van der Waals surface area contributed by atoms with Gasteiger partial charge in [-0.25, -0.2) is 8.42 Å². The number of nitrogens with one attached hydrogen (secondary N) is 1. The van der Waals surface area contributed by atoms with E-state index in [2.05, 4.69) is 12.2 Å². The van der Waals surface area contributed by atoms with Crippen LogP contribution in [0, 0.1) is 6.92 Å². The molecule has 0 amide bonds. The fraction of sp³-hybridized carbons (Fsp3) is 0.714. The molecule has 0 aliphatic carbocycles. The first-order valence-electron chi connectivity index (χ1n) is 7.27. The zero-order valence-corrected chi connectivity index (χ0v) is 14.9. The van der Waals surface area contributed by atoms with E-state index in [4.69, 9.17) is 4.74 Å². The van der Waals surface area contributed by atoms with Crippen molar-refractivity contribution in [3.63, 3.8) is 0 Å². The van der Waals surface area contributed by atoms with E-state index in [-0.39, 0.29) is 0 Å². The predicted octanol–water partition coefficient (Wildman–Crippen LogP) is 2.21. The van der Waals surface area contributed by atoms with Crippen LogP contribution in [-0.4, -0.2) is 46.1 Å². The maximum absolute atomic E-state index is 12.5. The molecule has 7 heteroatoms. The number of thiophene rings is 1. The lowest BCUT2D eigenvalue weighted by Crippen LogP contribution is -2.29. The number of likely N-dealkylation sites (N-methyl/N-ethyl adjacent to an activating group) is 1. The van der Waals surface area contributed by atoms with Gasteiger partial charge in [0.15, 0.2) is 0 Å². The second-order valence-electron chi connectivity index (χ2n) is 4.87. The molecule has 0 saturated carbocycles. The number of ether oxygens (including phenoxy) is 1. The molecule has 0 aliphatic heterocycles. The Labute approximate surface area is 132 Å². The SMILES string of the molecule is CCCNCc1sc(S(=O)(=O)N(C)CCOCC)cc1C. The summed E-state index contributed by atoms with van der Waals surface area (Å²) in [5, 5.41) is 3.31. The lowest BCUT2D eigenvalue weighted by Gasteiger charge is -2.15.